The molecule has 0 saturated heterocycles. The van der Waals surface area contributed by atoms with Crippen LogP contribution in [0, 0.1) is 0 Å². The number of nitrogens with zero attached hydrogens (tertiary/aromatic N) is 3. The summed E-state index contributed by atoms with van der Waals surface area (Å²) in [4.78, 5) is 0. The Kier molecular flexibility index (Phi) is 4.01. The van der Waals surface area contributed by atoms with Gasteiger partial charge in [0, 0.05) is 0 Å². The zero-order valence-corrected chi connectivity index (χ0v) is 12.8. The molecule has 0 saturated carbocycles. The van der Waals surface area contributed by atoms with Crippen LogP contribution in [-0.2, 0) is 0 Å². The Labute approximate surface area is 95.5 Å². The van der Waals surface area contributed by atoms with Crippen molar-refractivity contribution in [1.29, 1.82) is 0 Å². The van der Waals surface area contributed by atoms with E-state index in [4.69, 9.17) is 5.50 Å². The van der Waals surface area contributed by atoms with Crippen molar-refractivity contribution in [3.63, 3.8) is 0 Å². The van der Waals surface area contributed by atoms with E-state index in [9.17, 15) is 0 Å². The van der Waals surface area contributed by atoms with Gasteiger partial charge in [0.1, 0.15) is 0 Å². The van der Waals surface area contributed by atoms with Gasteiger partial charge in [0.05, 0.1) is 0 Å². The molecule has 0 unspecified atom stereocenters. The summed E-state index contributed by atoms with van der Waals surface area (Å²) in [7, 11) is 9.72. The molecule has 0 aromatic heterocycles. The van der Waals surface area contributed by atoms with E-state index in [1.165, 1.54) is 0 Å². The van der Waals surface area contributed by atoms with E-state index >= 15 is 0 Å². The first kappa shape index (κ1) is 15.3. The van der Waals surface area contributed by atoms with Gasteiger partial charge < -0.3 is 0 Å². The third-order valence-electron chi connectivity index (χ3n) is 3.65. The summed E-state index contributed by atoms with van der Waals surface area (Å²) in [6.45, 7) is 6.64. The monoisotopic (exact) mass is 236 g/mol. The summed E-state index contributed by atoms with van der Waals surface area (Å²) < 4.78 is 6.60. The maximum absolute atomic E-state index is 6.94. The van der Waals surface area contributed by atoms with Gasteiger partial charge in [-0.25, -0.2) is 0 Å². The topological polar surface area (TPSA) is 35.7 Å². The van der Waals surface area contributed by atoms with Crippen LogP contribution in [0.5, 0.6) is 0 Å². The molecule has 0 aromatic carbocycles. The van der Waals surface area contributed by atoms with Crippen LogP contribution in [0.4, 0.5) is 0 Å². The Balaban J connectivity index is 5.95. The Hall–Kier alpha value is 0.270. The summed E-state index contributed by atoms with van der Waals surface area (Å²) in [5.41, 5.74) is 6.94. The minimum atomic E-state index is -2.72. The van der Waals surface area contributed by atoms with Gasteiger partial charge in [-0.3, -0.25) is 0 Å². The molecule has 0 bridgehead atoms. The van der Waals surface area contributed by atoms with Crippen molar-refractivity contribution in [2.24, 2.45) is 5.50 Å². The Morgan fingerprint density at radius 2 is 0.933 bits per heavy atom. The average Bonchev–Trinajstić information content (AvgIpc) is 1.98. The van der Waals surface area contributed by atoms with E-state index in [1.807, 2.05) is 0 Å². The fourth-order valence-electron chi connectivity index (χ4n) is 2.87. The second-order valence-corrected chi connectivity index (χ2v) is 11.6. The van der Waals surface area contributed by atoms with Crippen LogP contribution in [0.25, 0.3) is 0 Å². The Bertz CT molecular complexity index is 206. The molecule has 0 aliphatic heterocycles. The summed E-state index contributed by atoms with van der Waals surface area (Å²) in [5, 5.41) is 0.00208. The van der Waals surface area contributed by atoms with Crippen molar-refractivity contribution >= 4 is 7.21 Å². The number of hydrogen-bond donors (Lipinski definition) is 1. The second-order valence-electron chi connectivity index (χ2n) is 5.76. The third-order valence-corrected chi connectivity index (χ3v) is 11.0. The molecule has 0 aliphatic rings. The average molecular weight is 236 g/mol. The number of nitrogens with two attached hydrogens (primary N) is 1. The summed E-state index contributed by atoms with van der Waals surface area (Å²) >= 11 is 0. The van der Waals surface area contributed by atoms with Crippen LogP contribution >= 0.6 is 7.21 Å². The second kappa shape index (κ2) is 3.94. The number of rotatable bonds is 3. The Morgan fingerprint density at radius 1 is 0.733 bits per heavy atom. The van der Waals surface area contributed by atoms with Crippen molar-refractivity contribution < 1.29 is 0 Å². The molecule has 0 amide bonds. The van der Waals surface area contributed by atoms with Gasteiger partial charge in [0.25, 0.3) is 0 Å². The molecule has 0 spiro atoms. The molecule has 0 rings (SSSR count). The van der Waals surface area contributed by atoms with Crippen LogP contribution in [0.2, 0.25) is 0 Å². The third kappa shape index (κ3) is 1.63. The first-order chi connectivity index (χ1) is 6.41. The van der Waals surface area contributed by atoms with Crippen LogP contribution in [0.15, 0.2) is 0 Å². The molecule has 94 valence electrons. The van der Waals surface area contributed by atoms with Crippen LogP contribution in [-0.4, -0.2) is 61.5 Å². The van der Waals surface area contributed by atoms with Gasteiger partial charge in [0.2, 0.25) is 0 Å². The molecular weight excluding hydrogens is 207 g/mol. The van der Waals surface area contributed by atoms with Gasteiger partial charge in [-0.2, -0.15) is 0 Å². The number of hydrogen-bond acceptors (Lipinski definition) is 4. The molecule has 2 N–H and O–H groups in total. The van der Waals surface area contributed by atoms with E-state index in [1.54, 1.807) is 0 Å². The molecule has 0 aromatic rings. The van der Waals surface area contributed by atoms with Crippen molar-refractivity contribution in [3.05, 3.63) is 0 Å². The van der Waals surface area contributed by atoms with Crippen LogP contribution in [0.1, 0.15) is 20.8 Å². The van der Waals surface area contributed by atoms with E-state index in [0.29, 0.717) is 0 Å². The van der Waals surface area contributed by atoms with Crippen LogP contribution < -0.4 is 5.50 Å². The molecule has 4 nitrogen and oxygen atoms in total. The Morgan fingerprint density at radius 3 is 0.933 bits per heavy atom. The van der Waals surface area contributed by atoms with E-state index in [0.717, 1.165) is 0 Å². The SMILES string of the molecule is CN(C)P(N)(N(C)C)(N(C)C)C(C)(C)C. The molecule has 0 aliphatic carbocycles. The maximum atomic E-state index is 6.94. The van der Waals surface area contributed by atoms with Crippen molar-refractivity contribution in [1.82, 2.24) is 14.0 Å². The van der Waals surface area contributed by atoms with Gasteiger partial charge in [-0.15, -0.1) is 0 Å². The molecular formula is C10H29N4P. The fourth-order valence-corrected chi connectivity index (χ4v) is 8.62. The zero-order valence-electron chi connectivity index (χ0n) is 11.9. The normalized spacial score (nSPS) is 17.3. The van der Waals surface area contributed by atoms with Crippen molar-refractivity contribution in [2.75, 3.05) is 42.3 Å². The molecule has 0 atom stereocenters. The molecule has 0 fully saturated rings. The first-order valence-corrected chi connectivity index (χ1v) is 7.43. The van der Waals surface area contributed by atoms with Gasteiger partial charge in [0.15, 0.2) is 0 Å². The van der Waals surface area contributed by atoms with E-state index in [2.05, 4.69) is 77.1 Å². The van der Waals surface area contributed by atoms with E-state index in [-0.39, 0.29) is 5.16 Å². The van der Waals surface area contributed by atoms with Crippen molar-refractivity contribution in [3.8, 4) is 0 Å². The molecule has 15 heavy (non-hydrogen) atoms. The summed E-state index contributed by atoms with van der Waals surface area (Å²) in [5.74, 6) is 0. The van der Waals surface area contributed by atoms with Gasteiger partial charge >= 0.3 is 94.9 Å². The quantitative estimate of drug-likeness (QED) is 0.756. The van der Waals surface area contributed by atoms with Crippen molar-refractivity contribution in [2.45, 2.75) is 25.9 Å². The molecule has 0 radical (unpaired) electrons. The zero-order chi connectivity index (χ0) is 12.7. The first-order valence-electron chi connectivity index (χ1n) is 5.27. The van der Waals surface area contributed by atoms with Crippen LogP contribution in [0.3, 0.4) is 0 Å². The van der Waals surface area contributed by atoms with E-state index < -0.39 is 7.21 Å². The summed E-state index contributed by atoms with van der Waals surface area (Å²) in [6, 6.07) is 0. The summed E-state index contributed by atoms with van der Waals surface area (Å²) in [6.07, 6.45) is 0. The predicted molar refractivity (Wildman–Crippen MR) is 71.9 cm³/mol. The standard InChI is InChI=1S/C10H29N4P/c1-10(2,3)15(11,12(4)5,13(6)7)14(8)9/h11H2,1-9H3. The molecule has 0 heterocycles. The minimum absolute atomic E-state index is 0.00208. The fraction of sp³-hybridized carbons (Fsp3) is 1.00. The predicted octanol–water partition coefficient (Wildman–Crippen LogP) is 1.64. The van der Waals surface area contributed by atoms with Gasteiger partial charge in [-0.05, 0) is 0 Å². The van der Waals surface area contributed by atoms with Gasteiger partial charge in [-0.1, -0.05) is 0 Å². The molecule has 5 heteroatoms.